The SMILES string of the molecule is Cc1cccnc1CN(C)Cc1nnc(C2CC(N)C2)n1C. The molecule has 6 nitrogen and oxygen atoms in total. The summed E-state index contributed by atoms with van der Waals surface area (Å²) in [5.74, 6) is 2.54. The van der Waals surface area contributed by atoms with Gasteiger partial charge < -0.3 is 10.3 Å². The molecule has 3 rings (SSSR count). The van der Waals surface area contributed by atoms with Crippen LogP contribution < -0.4 is 5.73 Å². The number of rotatable bonds is 5. The van der Waals surface area contributed by atoms with Gasteiger partial charge in [-0.1, -0.05) is 6.07 Å². The number of nitrogens with zero attached hydrogens (tertiary/aromatic N) is 5. The Kier molecular flexibility index (Phi) is 4.22. The largest absolute Gasteiger partial charge is 0.328 e. The Hall–Kier alpha value is -1.79. The minimum atomic E-state index is 0.333. The zero-order chi connectivity index (χ0) is 15.7. The third-order valence-electron chi connectivity index (χ3n) is 4.49. The molecule has 2 aromatic heterocycles. The molecule has 2 aromatic rings. The summed E-state index contributed by atoms with van der Waals surface area (Å²) in [4.78, 5) is 6.67. The van der Waals surface area contributed by atoms with E-state index >= 15 is 0 Å². The van der Waals surface area contributed by atoms with Crippen LogP contribution in [0.5, 0.6) is 0 Å². The quantitative estimate of drug-likeness (QED) is 0.902. The highest BCUT2D eigenvalue weighted by atomic mass is 15.3. The van der Waals surface area contributed by atoms with E-state index in [0.717, 1.165) is 43.3 Å². The van der Waals surface area contributed by atoms with Crippen molar-refractivity contribution in [3.63, 3.8) is 0 Å². The summed E-state index contributed by atoms with van der Waals surface area (Å²) in [5, 5.41) is 8.72. The third-order valence-corrected chi connectivity index (χ3v) is 4.49. The van der Waals surface area contributed by atoms with Crippen molar-refractivity contribution in [3.05, 3.63) is 41.2 Å². The third kappa shape index (κ3) is 3.03. The lowest BCUT2D eigenvalue weighted by Gasteiger charge is -2.31. The van der Waals surface area contributed by atoms with Gasteiger partial charge in [0.25, 0.3) is 0 Å². The highest BCUT2D eigenvalue weighted by molar-refractivity contribution is 5.17. The van der Waals surface area contributed by atoms with Crippen molar-refractivity contribution < 1.29 is 0 Å². The van der Waals surface area contributed by atoms with Crippen LogP contribution in [0.1, 0.15) is 41.7 Å². The molecule has 1 aliphatic carbocycles. The van der Waals surface area contributed by atoms with Gasteiger partial charge in [-0.3, -0.25) is 9.88 Å². The van der Waals surface area contributed by atoms with Gasteiger partial charge in [-0.15, -0.1) is 10.2 Å². The molecule has 6 heteroatoms. The Bertz CT molecular complexity index is 644. The summed E-state index contributed by atoms with van der Waals surface area (Å²) in [6.45, 7) is 3.66. The predicted molar refractivity (Wildman–Crippen MR) is 85.1 cm³/mol. The molecule has 0 radical (unpaired) electrons. The lowest BCUT2D eigenvalue weighted by Crippen LogP contribution is -2.36. The standard InChI is InChI=1S/C16H24N6/c1-11-5-4-6-18-14(11)9-21(2)10-15-19-20-16(22(15)3)12-7-13(17)8-12/h4-6,12-13H,7-10,17H2,1-3H3. The molecule has 0 amide bonds. The summed E-state index contributed by atoms with van der Waals surface area (Å²) in [5.41, 5.74) is 8.20. The molecule has 2 N–H and O–H groups in total. The second kappa shape index (κ2) is 6.14. The predicted octanol–water partition coefficient (Wildman–Crippen LogP) is 1.36. The highest BCUT2D eigenvalue weighted by Crippen LogP contribution is 2.34. The first-order valence-electron chi connectivity index (χ1n) is 7.77. The second-order valence-electron chi connectivity index (χ2n) is 6.40. The van der Waals surface area contributed by atoms with Gasteiger partial charge in [-0.25, -0.2) is 0 Å². The van der Waals surface area contributed by atoms with Crippen LogP contribution in [0.2, 0.25) is 0 Å². The van der Waals surface area contributed by atoms with Crippen molar-refractivity contribution in [2.75, 3.05) is 7.05 Å². The Morgan fingerprint density at radius 3 is 2.77 bits per heavy atom. The van der Waals surface area contributed by atoms with Gasteiger partial charge in [-0.05, 0) is 38.4 Å². The van der Waals surface area contributed by atoms with Gasteiger partial charge in [0.05, 0.1) is 12.2 Å². The molecular weight excluding hydrogens is 276 g/mol. The molecule has 0 aliphatic heterocycles. The second-order valence-corrected chi connectivity index (χ2v) is 6.40. The molecule has 0 atom stereocenters. The van der Waals surface area contributed by atoms with Gasteiger partial charge in [0.1, 0.15) is 11.6 Å². The van der Waals surface area contributed by atoms with Crippen molar-refractivity contribution in [2.24, 2.45) is 12.8 Å². The molecule has 0 bridgehead atoms. The molecule has 118 valence electrons. The van der Waals surface area contributed by atoms with E-state index in [1.165, 1.54) is 5.56 Å². The maximum Gasteiger partial charge on any atom is 0.146 e. The normalized spacial score (nSPS) is 21.1. The Balaban J connectivity index is 1.64. The molecule has 0 unspecified atom stereocenters. The fourth-order valence-electron chi connectivity index (χ4n) is 2.98. The minimum Gasteiger partial charge on any atom is -0.328 e. The number of aromatic nitrogens is 4. The maximum absolute atomic E-state index is 5.87. The number of pyridine rings is 1. The summed E-state index contributed by atoms with van der Waals surface area (Å²) < 4.78 is 2.12. The van der Waals surface area contributed by atoms with E-state index in [2.05, 4.69) is 44.7 Å². The van der Waals surface area contributed by atoms with Gasteiger partial charge >= 0.3 is 0 Å². The molecule has 2 heterocycles. The molecule has 1 saturated carbocycles. The maximum atomic E-state index is 5.87. The first-order chi connectivity index (χ1) is 10.5. The van der Waals surface area contributed by atoms with Crippen molar-refractivity contribution in [2.45, 2.75) is 44.8 Å². The van der Waals surface area contributed by atoms with Crippen molar-refractivity contribution in [1.29, 1.82) is 0 Å². The highest BCUT2D eigenvalue weighted by Gasteiger charge is 2.31. The number of hydrogen-bond acceptors (Lipinski definition) is 5. The summed E-state index contributed by atoms with van der Waals surface area (Å²) in [7, 11) is 4.14. The fraction of sp³-hybridized carbons (Fsp3) is 0.562. The topological polar surface area (TPSA) is 72.9 Å². The van der Waals surface area contributed by atoms with E-state index in [1.54, 1.807) is 0 Å². The average Bonchev–Trinajstić information content (AvgIpc) is 2.79. The van der Waals surface area contributed by atoms with E-state index in [0.29, 0.717) is 12.0 Å². The lowest BCUT2D eigenvalue weighted by atomic mass is 9.80. The van der Waals surface area contributed by atoms with Crippen LogP contribution in [-0.4, -0.2) is 37.7 Å². The van der Waals surface area contributed by atoms with Crippen molar-refractivity contribution >= 4 is 0 Å². The molecule has 22 heavy (non-hydrogen) atoms. The van der Waals surface area contributed by atoms with Crippen LogP contribution >= 0.6 is 0 Å². The van der Waals surface area contributed by atoms with E-state index < -0.39 is 0 Å². The fourth-order valence-corrected chi connectivity index (χ4v) is 2.98. The molecular formula is C16H24N6. The van der Waals surface area contributed by atoms with Crippen LogP contribution in [0.25, 0.3) is 0 Å². The van der Waals surface area contributed by atoms with Crippen molar-refractivity contribution in [3.8, 4) is 0 Å². The van der Waals surface area contributed by atoms with Gasteiger partial charge in [0.2, 0.25) is 0 Å². The van der Waals surface area contributed by atoms with Gasteiger partial charge in [0, 0.05) is 31.7 Å². The number of nitrogens with two attached hydrogens (primary N) is 1. The Morgan fingerprint density at radius 1 is 1.32 bits per heavy atom. The molecule has 1 fully saturated rings. The zero-order valence-electron chi connectivity index (χ0n) is 13.5. The lowest BCUT2D eigenvalue weighted by molar-refractivity contribution is 0.299. The van der Waals surface area contributed by atoms with Crippen LogP contribution in [0, 0.1) is 6.92 Å². The van der Waals surface area contributed by atoms with E-state index in [4.69, 9.17) is 5.73 Å². The van der Waals surface area contributed by atoms with E-state index in [-0.39, 0.29) is 0 Å². The van der Waals surface area contributed by atoms with Crippen LogP contribution in [0.4, 0.5) is 0 Å². The van der Waals surface area contributed by atoms with Crippen LogP contribution in [0.15, 0.2) is 18.3 Å². The Morgan fingerprint density at radius 2 is 2.09 bits per heavy atom. The van der Waals surface area contributed by atoms with Crippen LogP contribution in [0.3, 0.4) is 0 Å². The first-order valence-corrected chi connectivity index (χ1v) is 7.77. The summed E-state index contributed by atoms with van der Waals surface area (Å²) >= 11 is 0. The summed E-state index contributed by atoms with van der Waals surface area (Å²) in [6, 6.07) is 4.40. The van der Waals surface area contributed by atoms with Crippen LogP contribution in [-0.2, 0) is 20.1 Å². The van der Waals surface area contributed by atoms with Gasteiger partial charge in [-0.2, -0.15) is 0 Å². The Labute approximate surface area is 131 Å². The van der Waals surface area contributed by atoms with E-state index in [1.807, 2.05) is 19.3 Å². The monoisotopic (exact) mass is 300 g/mol. The van der Waals surface area contributed by atoms with E-state index in [9.17, 15) is 0 Å². The average molecular weight is 300 g/mol. The first kappa shape index (κ1) is 15.1. The molecule has 0 spiro atoms. The summed E-state index contributed by atoms with van der Waals surface area (Å²) in [6.07, 6.45) is 3.89. The minimum absolute atomic E-state index is 0.333. The number of aryl methyl sites for hydroxylation is 1. The molecule has 0 saturated heterocycles. The van der Waals surface area contributed by atoms with Gasteiger partial charge in [0.15, 0.2) is 0 Å². The molecule has 1 aliphatic rings. The smallest absolute Gasteiger partial charge is 0.146 e. The zero-order valence-corrected chi connectivity index (χ0v) is 13.5. The van der Waals surface area contributed by atoms with Crippen molar-refractivity contribution in [1.82, 2.24) is 24.6 Å². The number of hydrogen-bond donors (Lipinski definition) is 1. The molecule has 0 aromatic carbocycles.